The van der Waals surface area contributed by atoms with E-state index in [0.717, 1.165) is 6.42 Å². The number of hydrogen-bond donors (Lipinski definition) is 2. The zero-order valence-electron chi connectivity index (χ0n) is 10.6. The van der Waals surface area contributed by atoms with E-state index in [4.69, 9.17) is 16.3 Å². The summed E-state index contributed by atoms with van der Waals surface area (Å²) in [6, 6.07) is 6.78. The monoisotopic (exact) mass is 295 g/mol. The van der Waals surface area contributed by atoms with Crippen LogP contribution in [0.5, 0.6) is 0 Å². The molecule has 6 heteroatoms. The first-order valence-electron chi connectivity index (χ1n) is 6.51. The maximum Gasteiger partial charge on any atom is 0.310 e. The summed E-state index contributed by atoms with van der Waals surface area (Å²) in [5.74, 6) is -2.67. The summed E-state index contributed by atoms with van der Waals surface area (Å²) >= 11 is 5.86. The number of benzene rings is 1. The summed E-state index contributed by atoms with van der Waals surface area (Å²) in [6.07, 6.45) is 0.817. The molecule has 0 aliphatic carbocycles. The second kappa shape index (κ2) is 5.07. The second-order valence-corrected chi connectivity index (χ2v) is 5.62. The van der Waals surface area contributed by atoms with E-state index in [1.165, 1.54) is 0 Å². The Morgan fingerprint density at radius 2 is 1.95 bits per heavy atom. The van der Waals surface area contributed by atoms with Crippen molar-refractivity contribution in [2.24, 2.45) is 11.8 Å². The fourth-order valence-corrected chi connectivity index (χ4v) is 3.31. The molecule has 20 heavy (non-hydrogen) atoms. The lowest BCUT2D eigenvalue weighted by atomic mass is 9.78. The molecule has 0 radical (unpaired) electrons. The maximum absolute atomic E-state index is 12.3. The molecule has 2 N–H and O–H groups in total. The first-order valence-corrected chi connectivity index (χ1v) is 6.89. The molecule has 2 aliphatic rings. The number of hydrogen-bond acceptors (Lipinski definition) is 3. The highest BCUT2D eigenvalue weighted by molar-refractivity contribution is 6.30. The van der Waals surface area contributed by atoms with Gasteiger partial charge in [0.25, 0.3) is 0 Å². The Bertz CT molecular complexity index is 562. The van der Waals surface area contributed by atoms with Gasteiger partial charge in [0, 0.05) is 10.7 Å². The van der Waals surface area contributed by atoms with Gasteiger partial charge in [-0.15, -0.1) is 0 Å². The van der Waals surface area contributed by atoms with Crippen LogP contribution in [0.1, 0.15) is 12.8 Å². The summed E-state index contributed by atoms with van der Waals surface area (Å²) in [6.45, 7) is 0. The molecular formula is C14H14ClNO4. The van der Waals surface area contributed by atoms with Crippen LogP contribution >= 0.6 is 11.6 Å². The molecule has 1 aromatic rings. The molecule has 0 spiro atoms. The lowest BCUT2D eigenvalue weighted by Gasteiger charge is -2.23. The topological polar surface area (TPSA) is 75.6 Å². The van der Waals surface area contributed by atoms with E-state index in [1.54, 1.807) is 24.3 Å². The molecule has 3 rings (SSSR count). The van der Waals surface area contributed by atoms with Crippen LogP contribution in [0.4, 0.5) is 5.69 Å². The Balaban J connectivity index is 1.78. The third-order valence-corrected chi connectivity index (χ3v) is 4.19. The number of carbonyl (C=O) groups excluding carboxylic acids is 1. The van der Waals surface area contributed by atoms with E-state index in [1.807, 2.05) is 0 Å². The minimum Gasteiger partial charge on any atom is -0.481 e. The average molecular weight is 296 g/mol. The van der Waals surface area contributed by atoms with Gasteiger partial charge in [0.1, 0.15) is 0 Å². The number of nitrogens with one attached hydrogen (secondary N) is 1. The van der Waals surface area contributed by atoms with Crippen LogP contribution in [0.15, 0.2) is 24.3 Å². The standard InChI is InChI=1S/C14H14ClNO4/c15-7-2-1-3-8(6-7)16-13(17)11-9-4-5-10(20-9)12(11)14(18)19/h1-3,6,9-12H,4-5H2,(H,16,17)(H,18,19)/t9-,10+,11+,12+/m1/s1. The van der Waals surface area contributed by atoms with Crippen LogP contribution in [-0.4, -0.2) is 29.2 Å². The van der Waals surface area contributed by atoms with Gasteiger partial charge in [-0.05, 0) is 31.0 Å². The molecule has 2 heterocycles. The normalized spacial score (nSPS) is 31.2. The predicted molar refractivity (Wildman–Crippen MR) is 72.6 cm³/mol. The molecule has 0 saturated carbocycles. The zero-order chi connectivity index (χ0) is 14.3. The fraction of sp³-hybridized carbons (Fsp3) is 0.429. The highest BCUT2D eigenvalue weighted by Gasteiger charge is 2.55. The van der Waals surface area contributed by atoms with Gasteiger partial charge in [0.2, 0.25) is 5.91 Å². The number of carboxylic acid groups (broad SMARTS) is 1. The first-order chi connectivity index (χ1) is 9.56. The van der Waals surface area contributed by atoms with E-state index in [9.17, 15) is 14.7 Å². The number of anilines is 1. The van der Waals surface area contributed by atoms with E-state index in [-0.39, 0.29) is 18.1 Å². The molecule has 5 nitrogen and oxygen atoms in total. The zero-order valence-corrected chi connectivity index (χ0v) is 11.3. The molecular weight excluding hydrogens is 282 g/mol. The SMILES string of the molecule is O=C(O)[C@@H]1[C@@H](C(=O)Nc2cccc(Cl)c2)[C@H]2CC[C@@H]1O2. The number of rotatable bonds is 3. The molecule has 2 fully saturated rings. The van der Waals surface area contributed by atoms with Gasteiger partial charge in [0.05, 0.1) is 24.0 Å². The van der Waals surface area contributed by atoms with E-state index < -0.39 is 17.8 Å². The summed E-state index contributed by atoms with van der Waals surface area (Å²) in [4.78, 5) is 23.7. The van der Waals surface area contributed by atoms with Crippen LogP contribution in [-0.2, 0) is 14.3 Å². The van der Waals surface area contributed by atoms with Crippen LogP contribution in [0.25, 0.3) is 0 Å². The van der Waals surface area contributed by atoms with Crippen molar-refractivity contribution in [1.29, 1.82) is 0 Å². The van der Waals surface area contributed by atoms with Crippen LogP contribution in [0.2, 0.25) is 5.02 Å². The van der Waals surface area contributed by atoms with Crippen LogP contribution in [0, 0.1) is 11.8 Å². The van der Waals surface area contributed by atoms with Gasteiger partial charge < -0.3 is 15.2 Å². The van der Waals surface area contributed by atoms with Crippen molar-refractivity contribution in [2.75, 3.05) is 5.32 Å². The van der Waals surface area contributed by atoms with Crippen LogP contribution < -0.4 is 5.32 Å². The van der Waals surface area contributed by atoms with E-state index in [0.29, 0.717) is 17.1 Å². The van der Waals surface area contributed by atoms with Crippen molar-refractivity contribution in [2.45, 2.75) is 25.0 Å². The van der Waals surface area contributed by atoms with E-state index in [2.05, 4.69) is 5.32 Å². The Morgan fingerprint density at radius 1 is 1.25 bits per heavy atom. The Hall–Kier alpha value is -1.59. The number of ether oxygens (including phenoxy) is 1. The lowest BCUT2D eigenvalue weighted by Crippen LogP contribution is -2.40. The van der Waals surface area contributed by atoms with Gasteiger partial charge in [-0.2, -0.15) is 0 Å². The molecule has 0 unspecified atom stereocenters. The Morgan fingerprint density at radius 3 is 2.60 bits per heavy atom. The van der Waals surface area contributed by atoms with Crippen molar-refractivity contribution >= 4 is 29.2 Å². The third kappa shape index (κ3) is 2.27. The minimum atomic E-state index is -0.969. The highest BCUT2D eigenvalue weighted by atomic mass is 35.5. The number of carbonyl (C=O) groups is 2. The van der Waals surface area contributed by atoms with Crippen molar-refractivity contribution in [3.8, 4) is 0 Å². The molecule has 2 bridgehead atoms. The predicted octanol–water partition coefficient (Wildman–Crippen LogP) is 2.16. The Labute approximate surface area is 120 Å². The Kier molecular flexibility index (Phi) is 3.40. The molecule has 106 valence electrons. The molecule has 0 aromatic heterocycles. The summed E-state index contributed by atoms with van der Waals surface area (Å²) < 4.78 is 5.57. The number of amides is 1. The molecule has 1 aromatic carbocycles. The number of fused-ring (bicyclic) bond motifs is 2. The van der Waals surface area contributed by atoms with Gasteiger partial charge in [-0.3, -0.25) is 9.59 Å². The second-order valence-electron chi connectivity index (χ2n) is 5.18. The van der Waals surface area contributed by atoms with Crippen LogP contribution in [0.3, 0.4) is 0 Å². The highest BCUT2D eigenvalue weighted by Crippen LogP contribution is 2.44. The van der Waals surface area contributed by atoms with E-state index >= 15 is 0 Å². The average Bonchev–Trinajstić information content (AvgIpc) is 2.98. The molecule has 2 saturated heterocycles. The van der Waals surface area contributed by atoms with Gasteiger partial charge in [-0.1, -0.05) is 17.7 Å². The molecule has 2 aliphatic heterocycles. The number of carboxylic acids is 1. The van der Waals surface area contributed by atoms with Crippen molar-refractivity contribution < 1.29 is 19.4 Å². The largest absolute Gasteiger partial charge is 0.481 e. The quantitative estimate of drug-likeness (QED) is 0.896. The fourth-order valence-electron chi connectivity index (χ4n) is 3.12. The van der Waals surface area contributed by atoms with Crippen molar-refractivity contribution in [3.05, 3.63) is 29.3 Å². The van der Waals surface area contributed by atoms with Gasteiger partial charge in [0.15, 0.2) is 0 Å². The number of halogens is 1. The van der Waals surface area contributed by atoms with Gasteiger partial charge in [-0.25, -0.2) is 0 Å². The smallest absolute Gasteiger partial charge is 0.310 e. The molecule has 4 atom stereocenters. The minimum absolute atomic E-state index is 0.291. The third-order valence-electron chi connectivity index (χ3n) is 3.95. The first kappa shape index (κ1) is 13.4. The van der Waals surface area contributed by atoms with Crippen molar-refractivity contribution in [3.63, 3.8) is 0 Å². The summed E-state index contributed by atoms with van der Waals surface area (Å²) in [5, 5.41) is 12.5. The maximum atomic E-state index is 12.3. The number of aliphatic carboxylic acids is 1. The van der Waals surface area contributed by atoms with Gasteiger partial charge >= 0.3 is 5.97 Å². The summed E-state index contributed by atoms with van der Waals surface area (Å²) in [5.41, 5.74) is 0.564. The van der Waals surface area contributed by atoms with Crippen molar-refractivity contribution in [1.82, 2.24) is 0 Å². The molecule has 1 amide bonds. The summed E-state index contributed by atoms with van der Waals surface area (Å²) in [7, 11) is 0. The lowest BCUT2D eigenvalue weighted by molar-refractivity contribution is -0.147.